The summed E-state index contributed by atoms with van der Waals surface area (Å²) in [6.07, 6.45) is -4.27. The zero-order chi connectivity index (χ0) is 21.6. The molecule has 1 aliphatic rings. The predicted molar refractivity (Wildman–Crippen MR) is 114 cm³/mol. The molecule has 162 valence electrons. The second kappa shape index (κ2) is 10.1. The molecule has 1 heterocycles. The van der Waals surface area contributed by atoms with Crippen LogP contribution >= 0.6 is 23.5 Å². The van der Waals surface area contributed by atoms with Gasteiger partial charge in [-0.1, -0.05) is 60.7 Å². The van der Waals surface area contributed by atoms with Gasteiger partial charge in [-0.3, -0.25) is 0 Å². The lowest BCUT2D eigenvalue weighted by molar-refractivity contribution is -0.278. The normalized spacial score (nSPS) is 18.4. The second-order valence-corrected chi connectivity index (χ2v) is 9.73. The van der Waals surface area contributed by atoms with Gasteiger partial charge in [-0.25, -0.2) is 4.79 Å². The first kappa shape index (κ1) is 23.0. The minimum atomic E-state index is -4.99. The minimum absolute atomic E-state index is 0.149. The van der Waals surface area contributed by atoms with E-state index in [1.807, 2.05) is 6.07 Å². The first-order valence-corrected chi connectivity index (χ1v) is 11.6. The fourth-order valence-electron chi connectivity index (χ4n) is 3.37. The van der Waals surface area contributed by atoms with Crippen molar-refractivity contribution in [1.82, 2.24) is 0 Å². The average molecular weight is 457 g/mol. The Kier molecular flexibility index (Phi) is 7.76. The van der Waals surface area contributed by atoms with E-state index in [1.54, 1.807) is 53.9 Å². The molecular formula is C22H23F3O3S2. The molecule has 3 nitrogen and oxygen atoms in total. The van der Waals surface area contributed by atoms with Gasteiger partial charge in [-0.15, -0.1) is 23.5 Å². The van der Waals surface area contributed by atoms with Gasteiger partial charge in [0.25, 0.3) is 5.60 Å². The SMILES string of the molecule is COC(C(=O)O[C@@H](CC1SCCCS1)c1ccccc1)(c1ccccc1)C(F)(F)F. The summed E-state index contributed by atoms with van der Waals surface area (Å²) in [6.45, 7) is 0. The highest BCUT2D eigenvalue weighted by atomic mass is 32.2. The number of methoxy groups -OCH3 is 1. The summed E-state index contributed by atoms with van der Waals surface area (Å²) in [5.41, 5.74) is -2.83. The quantitative estimate of drug-likeness (QED) is 0.480. The third-order valence-corrected chi connectivity index (χ3v) is 7.89. The van der Waals surface area contributed by atoms with Crippen LogP contribution in [0, 0.1) is 0 Å². The monoisotopic (exact) mass is 456 g/mol. The summed E-state index contributed by atoms with van der Waals surface area (Å²) in [4.78, 5) is 13.1. The lowest BCUT2D eigenvalue weighted by Crippen LogP contribution is -2.52. The molecule has 0 spiro atoms. The molecule has 0 aromatic heterocycles. The highest BCUT2D eigenvalue weighted by Crippen LogP contribution is 2.45. The molecule has 0 N–H and O–H groups in total. The van der Waals surface area contributed by atoms with Gasteiger partial charge in [0, 0.05) is 19.1 Å². The highest BCUT2D eigenvalue weighted by Gasteiger charge is 2.64. The van der Waals surface area contributed by atoms with E-state index >= 15 is 0 Å². The predicted octanol–water partition coefficient (Wildman–Crippen LogP) is 5.96. The van der Waals surface area contributed by atoms with Crippen molar-refractivity contribution < 1.29 is 27.4 Å². The van der Waals surface area contributed by atoms with Crippen LogP contribution in [0.2, 0.25) is 0 Å². The third-order valence-electron chi connectivity index (χ3n) is 4.90. The largest absolute Gasteiger partial charge is 0.455 e. The molecule has 2 atom stereocenters. The first-order valence-electron chi connectivity index (χ1n) is 9.55. The lowest BCUT2D eigenvalue weighted by Gasteiger charge is -2.34. The van der Waals surface area contributed by atoms with E-state index in [4.69, 9.17) is 9.47 Å². The van der Waals surface area contributed by atoms with Gasteiger partial charge in [-0.05, 0) is 23.5 Å². The number of carbonyl (C=O) groups is 1. The fraction of sp³-hybridized carbons (Fsp3) is 0.409. The van der Waals surface area contributed by atoms with E-state index in [0.29, 0.717) is 12.0 Å². The van der Waals surface area contributed by atoms with Crippen molar-refractivity contribution in [2.45, 2.75) is 35.3 Å². The van der Waals surface area contributed by atoms with Crippen LogP contribution in [0.25, 0.3) is 0 Å². The van der Waals surface area contributed by atoms with E-state index in [9.17, 15) is 18.0 Å². The lowest BCUT2D eigenvalue weighted by atomic mass is 9.92. The van der Waals surface area contributed by atoms with Crippen LogP contribution in [0.4, 0.5) is 13.2 Å². The summed E-state index contributed by atoms with van der Waals surface area (Å²) in [7, 11) is 0.881. The molecule has 0 saturated carbocycles. The van der Waals surface area contributed by atoms with E-state index < -0.39 is 23.9 Å². The maximum absolute atomic E-state index is 14.2. The molecule has 3 rings (SSSR count). The first-order chi connectivity index (χ1) is 14.4. The van der Waals surface area contributed by atoms with Crippen LogP contribution < -0.4 is 0 Å². The van der Waals surface area contributed by atoms with Crippen LogP contribution in [0.3, 0.4) is 0 Å². The van der Waals surface area contributed by atoms with Crippen molar-refractivity contribution in [2.24, 2.45) is 0 Å². The Bertz CT molecular complexity index is 811. The highest BCUT2D eigenvalue weighted by molar-refractivity contribution is 8.17. The van der Waals surface area contributed by atoms with Crippen LogP contribution in [-0.4, -0.2) is 35.3 Å². The molecule has 0 radical (unpaired) electrons. The molecule has 0 amide bonds. The Hall–Kier alpha value is -1.64. The summed E-state index contributed by atoms with van der Waals surface area (Å²) >= 11 is 3.49. The van der Waals surface area contributed by atoms with E-state index in [2.05, 4.69) is 0 Å². The number of thioether (sulfide) groups is 2. The summed E-state index contributed by atoms with van der Waals surface area (Å²) in [6, 6.07) is 15.8. The van der Waals surface area contributed by atoms with Crippen LogP contribution in [0.1, 0.15) is 30.1 Å². The van der Waals surface area contributed by atoms with E-state index in [0.717, 1.165) is 25.0 Å². The second-order valence-electron chi connectivity index (χ2n) is 6.81. The summed E-state index contributed by atoms with van der Waals surface area (Å²) in [5, 5.41) is 0. The third kappa shape index (κ3) is 4.98. The number of alkyl halides is 3. The molecule has 2 aromatic rings. The van der Waals surface area contributed by atoms with Crippen molar-refractivity contribution in [3.63, 3.8) is 0 Å². The Balaban J connectivity index is 1.93. The van der Waals surface area contributed by atoms with Gasteiger partial charge in [0.15, 0.2) is 0 Å². The van der Waals surface area contributed by atoms with Crippen molar-refractivity contribution >= 4 is 29.5 Å². The van der Waals surface area contributed by atoms with E-state index in [1.165, 1.54) is 24.3 Å². The molecule has 30 heavy (non-hydrogen) atoms. The molecule has 0 bridgehead atoms. The maximum atomic E-state index is 14.2. The number of benzene rings is 2. The Morgan fingerprint density at radius 3 is 2.13 bits per heavy atom. The molecule has 1 fully saturated rings. The molecule has 1 aliphatic heterocycles. The van der Waals surface area contributed by atoms with E-state index in [-0.39, 0.29) is 10.1 Å². The van der Waals surface area contributed by atoms with Crippen LogP contribution in [0.15, 0.2) is 60.7 Å². The molecule has 1 saturated heterocycles. The standard InChI is InChI=1S/C22H23F3O3S2/c1-27-21(22(23,24)25,17-11-6-3-7-12-17)20(26)28-18(16-9-4-2-5-10-16)15-19-29-13-8-14-30-19/h2-7,9-12,18-19H,8,13-15H2,1H3/t18-,21?/m0/s1. The van der Waals surface area contributed by atoms with Gasteiger partial charge in [0.05, 0.1) is 4.58 Å². The number of carbonyl (C=O) groups excluding carboxylic acids is 1. The van der Waals surface area contributed by atoms with Crippen molar-refractivity contribution in [1.29, 1.82) is 0 Å². The number of ether oxygens (including phenoxy) is 2. The van der Waals surface area contributed by atoms with Crippen LogP contribution in [-0.2, 0) is 19.9 Å². The van der Waals surface area contributed by atoms with Gasteiger partial charge in [0.1, 0.15) is 6.10 Å². The number of halogens is 3. The topological polar surface area (TPSA) is 35.5 Å². The Morgan fingerprint density at radius 2 is 1.60 bits per heavy atom. The van der Waals surface area contributed by atoms with Crippen molar-refractivity contribution in [3.8, 4) is 0 Å². The number of hydrogen-bond donors (Lipinski definition) is 0. The van der Waals surface area contributed by atoms with Gasteiger partial charge >= 0.3 is 12.1 Å². The fourth-order valence-corrected chi connectivity index (χ4v) is 6.28. The average Bonchev–Trinajstić information content (AvgIpc) is 2.75. The smallest absolute Gasteiger partial charge is 0.432 e. The summed E-state index contributed by atoms with van der Waals surface area (Å²) in [5.74, 6) is 0.520. The zero-order valence-corrected chi connectivity index (χ0v) is 18.1. The maximum Gasteiger partial charge on any atom is 0.432 e. The van der Waals surface area contributed by atoms with Crippen molar-refractivity contribution in [3.05, 3.63) is 71.8 Å². The number of rotatable bonds is 7. The molecule has 0 aliphatic carbocycles. The Labute approximate surface area is 182 Å². The van der Waals surface area contributed by atoms with Crippen molar-refractivity contribution in [2.75, 3.05) is 18.6 Å². The number of esters is 1. The molecular weight excluding hydrogens is 433 g/mol. The Morgan fingerprint density at radius 1 is 1.03 bits per heavy atom. The van der Waals surface area contributed by atoms with Crippen LogP contribution in [0.5, 0.6) is 0 Å². The molecule has 2 aromatic carbocycles. The van der Waals surface area contributed by atoms with Gasteiger partial charge in [0.2, 0.25) is 0 Å². The summed E-state index contributed by atoms with van der Waals surface area (Å²) < 4.78 is 53.1. The van der Waals surface area contributed by atoms with Gasteiger partial charge in [-0.2, -0.15) is 13.2 Å². The molecule has 1 unspecified atom stereocenters. The zero-order valence-electron chi connectivity index (χ0n) is 16.4. The number of hydrogen-bond acceptors (Lipinski definition) is 5. The minimum Gasteiger partial charge on any atom is -0.455 e. The molecule has 8 heteroatoms. The van der Waals surface area contributed by atoms with Gasteiger partial charge < -0.3 is 9.47 Å².